The van der Waals surface area contributed by atoms with E-state index in [0.717, 1.165) is 21.7 Å². The molecule has 1 heterocycles. The van der Waals surface area contributed by atoms with Gasteiger partial charge in [0.15, 0.2) is 6.10 Å². The molecule has 0 unspecified atom stereocenters. The molecule has 0 radical (unpaired) electrons. The van der Waals surface area contributed by atoms with Crippen LogP contribution in [0.4, 0.5) is 11.6 Å². The SMILES string of the molecule is C[C@@H](NC(=O)c1cc(C(=O)N[C@@H](Cc2ccccc2)[C@@H](O)C(=O)Nc2ncc[nH]2)cc(N(C)S(C)(=O)=O)c1)c1ccccc1. The van der Waals surface area contributed by atoms with Crippen LogP contribution in [0.2, 0.25) is 0 Å². The normalized spacial score (nSPS) is 13.3. The fraction of sp³-hybridized carbons (Fsp3) is 0.226. The molecule has 3 aromatic carbocycles. The topological polar surface area (TPSA) is 174 Å². The number of aliphatic hydroxyl groups is 1. The highest BCUT2D eigenvalue weighted by Crippen LogP contribution is 2.22. The molecule has 0 saturated carbocycles. The van der Waals surface area contributed by atoms with Gasteiger partial charge in [0.2, 0.25) is 16.0 Å². The van der Waals surface area contributed by atoms with Gasteiger partial charge in [0.05, 0.1) is 24.0 Å². The number of imidazole rings is 1. The van der Waals surface area contributed by atoms with Crippen LogP contribution in [0.15, 0.2) is 91.3 Å². The molecular weight excluding hydrogens is 584 g/mol. The van der Waals surface area contributed by atoms with E-state index in [1.807, 2.05) is 36.4 Å². The summed E-state index contributed by atoms with van der Waals surface area (Å²) >= 11 is 0. The van der Waals surface area contributed by atoms with Gasteiger partial charge in [-0.2, -0.15) is 0 Å². The van der Waals surface area contributed by atoms with E-state index in [1.54, 1.807) is 31.2 Å². The summed E-state index contributed by atoms with van der Waals surface area (Å²) in [7, 11) is -2.44. The fourth-order valence-electron chi connectivity index (χ4n) is 4.42. The number of nitrogens with zero attached hydrogens (tertiary/aromatic N) is 2. The summed E-state index contributed by atoms with van der Waals surface area (Å²) in [6.07, 6.45) is 2.33. The number of rotatable bonds is 12. The van der Waals surface area contributed by atoms with Crippen LogP contribution in [-0.2, 0) is 21.2 Å². The van der Waals surface area contributed by atoms with Gasteiger partial charge in [-0.1, -0.05) is 60.7 Å². The zero-order chi connectivity index (χ0) is 31.9. The van der Waals surface area contributed by atoms with Crippen molar-refractivity contribution >= 4 is 39.4 Å². The van der Waals surface area contributed by atoms with Crippen molar-refractivity contribution in [3.8, 4) is 0 Å². The third-order valence-corrected chi connectivity index (χ3v) is 8.16. The Kier molecular flexibility index (Phi) is 10.1. The van der Waals surface area contributed by atoms with E-state index in [0.29, 0.717) is 0 Å². The van der Waals surface area contributed by atoms with Crippen LogP contribution in [-0.4, -0.2) is 66.7 Å². The van der Waals surface area contributed by atoms with Crippen molar-refractivity contribution in [3.05, 3.63) is 114 Å². The quantitative estimate of drug-likeness (QED) is 0.162. The highest BCUT2D eigenvalue weighted by atomic mass is 32.2. The molecule has 0 saturated heterocycles. The first-order chi connectivity index (χ1) is 20.9. The predicted molar refractivity (Wildman–Crippen MR) is 167 cm³/mol. The Hall–Kier alpha value is -5.01. The molecule has 3 amide bonds. The number of aromatic amines is 1. The lowest BCUT2D eigenvalue weighted by molar-refractivity contribution is -0.125. The van der Waals surface area contributed by atoms with Crippen molar-refractivity contribution in [3.63, 3.8) is 0 Å². The standard InChI is InChI=1S/C31H34N6O6S/c1-20(22-12-8-5-9-13-22)34-28(39)23-17-24(19-25(18-23)37(2)44(3,42)43)29(40)35-26(16-21-10-6-4-7-11-21)27(38)30(41)36-31-32-14-15-33-31/h4-15,17-20,26-27,38H,16H2,1-3H3,(H,34,39)(H,35,40)(H2,32,33,36,41)/t20-,26+,27-/m1/s1. The largest absolute Gasteiger partial charge is 0.381 e. The Labute approximate surface area is 255 Å². The molecular formula is C31H34N6O6S. The molecule has 44 heavy (non-hydrogen) atoms. The molecule has 0 spiro atoms. The predicted octanol–water partition coefficient (Wildman–Crippen LogP) is 2.64. The highest BCUT2D eigenvalue weighted by molar-refractivity contribution is 7.92. The minimum absolute atomic E-state index is 0.0432. The number of aliphatic hydroxyl groups excluding tert-OH is 1. The average molecular weight is 619 g/mol. The van der Waals surface area contributed by atoms with E-state index in [1.165, 1.54) is 37.6 Å². The summed E-state index contributed by atoms with van der Waals surface area (Å²) in [4.78, 5) is 46.5. The molecule has 12 nitrogen and oxygen atoms in total. The molecule has 3 atom stereocenters. The summed E-state index contributed by atoms with van der Waals surface area (Å²) in [5, 5.41) is 19.0. The number of sulfonamides is 1. The number of benzene rings is 3. The van der Waals surface area contributed by atoms with Crippen LogP contribution in [0, 0.1) is 0 Å². The van der Waals surface area contributed by atoms with Crippen LogP contribution in [0.5, 0.6) is 0 Å². The second kappa shape index (κ2) is 14.0. The van der Waals surface area contributed by atoms with Crippen LogP contribution in [0.25, 0.3) is 0 Å². The van der Waals surface area contributed by atoms with Gasteiger partial charge in [0.1, 0.15) is 0 Å². The molecule has 0 bridgehead atoms. The number of nitrogens with one attached hydrogen (secondary N) is 4. The van der Waals surface area contributed by atoms with Gasteiger partial charge in [-0.3, -0.25) is 24.0 Å². The number of hydrogen-bond acceptors (Lipinski definition) is 7. The Morgan fingerprint density at radius 2 is 1.52 bits per heavy atom. The van der Waals surface area contributed by atoms with Gasteiger partial charge in [0.25, 0.3) is 17.7 Å². The first-order valence-electron chi connectivity index (χ1n) is 13.7. The summed E-state index contributed by atoms with van der Waals surface area (Å²) in [5.74, 6) is -1.94. The molecule has 0 aliphatic carbocycles. The fourth-order valence-corrected chi connectivity index (χ4v) is 4.91. The zero-order valence-corrected chi connectivity index (χ0v) is 25.2. The maximum atomic E-state index is 13.7. The lowest BCUT2D eigenvalue weighted by Crippen LogP contribution is -2.50. The number of carbonyl (C=O) groups is 3. The van der Waals surface area contributed by atoms with Gasteiger partial charge >= 0.3 is 0 Å². The second-order valence-electron chi connectivity index (χ2n) is 10.2. The average Bonchev–Trinajstić information content (AvgIpc) is 3.53. The van der Waals surface area contributed by atoms with E-state index >= 15 is 0 Å². The van der Waals surface area contributed by atoms with E-state index in [-0.39, 0.29) is 35.2 Å². The van der Waals surface area contributed by atoms with Crippen molar-refractivity contribution in [2.24, 2.45) is 0 Å². The maximum absolute atomic E-state index is 13.7. The van der Waals surface area contributed by atoms with Crippen molar-refractivity contribution in [2.45, 2.75) is 31.5 Å². The molecule has 5 N–H and O–H groups in total. The molecule has 4 rings (SSSR count). The number of aromatic nitrogens is 2. The highest BCUT2D eigenvalue weighted by Gasteiger charge is 2.29. The first-order valence-corrected chi connectivity index (χ1v) is 15.5. The van der Waals surface area contributed by atoms with Crippen molar-refractivity contribution in [2.75, 3.05) is 22.9 Å². The molecule has 0 fully saturated rings. The summed E-state index contributed by atoms with van der Waals surface area (Å²) in [6, 6.07) is 20.8. The van der Waals surface area contributed by atoms with E-state index in [9.17, 15) is 27.9 Å². The number of hydrogen-bond donors (Lipinski definition) is 5. The Bertz CT molecular complexity index is 1700. The summed E-state index contributed by atoms with van der Waals surface area (Å²) in [6.45, 7) is 1.80. The zero-order valence-electron chi connectivity index (χ0n) is 24.4. The monoisotopic (exact) mass is 618 g/mol. The van der Waals surface area contributed by atoms with Crippen LogP contribution in [0.3, 0.4) is 0 Å². The van der Waals surface area contributed by atoms with Gasteiger partial charge in [-0.15, -0.1) is 0 Å². The molecule has 0 aliphatic heterocycles. The van der Waals surface area contributed by atoms with E-state index < -0.39 is 39.9 Å². The van der Waals surface area contributed by atoms with E-state index in [2.05, 4.69) is 25.9 Å². The van der Waals surface area contributed by atoms with Gasteiger partial charge in [0, 0.05) is 30.6 Å². The molecule has 13 heteroatoms. The van der Waals surface area contributed by atoms with Gasteiger partial charge in [-0.05, 0) is 42.7 Å². The summed E-state index contributed by atoms with van der Waals surface area (Å²) < 4.78 is 25.7. The van der Waals surface area contributed by atoms with Gasteiger partial charge in [-0.25, -0.2) is 13.4 Å². The lowest BCUT2D eigenvalue weighted by Gasteiger charge is -2.24. The number of carbonyl (C=O) groups excluding carboxylic acids is 3. The van der Waals surface area contributed by atoms with Crippen molar-refractivity contribution in [1.82, 2.24) is 20.6 Å². The van der Waals surface area contributed by atoms with Crippen LogP contribution in [0.1, 0.15) is 44.8 Å². The van der Waals surface area contributed by atoms with E-state index in [4.69, 9.17) is 0 Å². The first kappa shape index (κ1) is 31.9. The molecule has 1 aromatic heterocycles. The minimum Gasteiger partial charge on any atom is -0.381 e. The van der Waals surface area contributed by atoms with Crippen molar-refractivity contribution in [1.29, 1.82) is 0 Å². The third kappa shape index (κ3) is 8.30. The Balaban J connectivity index is 1.64. The lowest BCUT2D eigenvalue weighted by atomic mass is 9.99. The maximum Gasteiger partial charge on any atom is 0.257 e. The minimum atomic E-state index is -3.75. The van der Waals surface area contributed by atoms with Gasteiger partial charge < -0.3 is 20.7 Å². The number of amides is 3. The summed E-state index contributed by atoms with van der Waals surface area (Å²) in [5.41, 5.74) is 1.67. The van der Waals surface area contributed by atoms with Crippen molar-refractivity contribution < 1.29 is 27.9 Å². The Morgan fingerprint density at radius 1 is 0.932 bits per heavy atom. The molecule has 230 valence electrons. The smallest absolute Gasteiger partial charge is 0.257 e. The molecule has 0 aliphatic rings. The van der Waals surface area contributed by atoms with Crippen LogP contribution < -0.4 is 20.3 Å². The second-order valence-corrected chi connectivity index (χ2v) is 12.3. The number of anilines is 2. The molecule has 4 aromatic rings. The van der Waals surface area contributed by atoms with Crippen LogP contribution >= 0.6 is 0 Å². The Morgan fingerprint density at radius 3 is 2.09 bits per heavy atom. The number of H-pyrrole nitrogens is 1. The third-order valence-electron chi connectivity index (χ3n) is 6.95.